The first-order valence-electron chi connectivity index (χ1n) is 8.77. The van der Waals surface area contributed by atoms with Gasteiger partial charge in [0, 0.05) is 44.4 Å². The smallest absolute Gasteiger partial charge is 0.224 e. The number of benzene rings is 2. The Labute approximate surface area is 180 Å². The van der Waals surface area contributed by atoms with Crippen molar-refractivity contribution >= 4 is 55.4 Å². The summed E-state index contributed by atoms with van der Waals surface area (Å²) in [5.41, 5.74) is 4.91. The summed E-state index contributed by atoms with van der Waals surface area (Å²) in [5, 5.41) is 5.73. The highest BCUT2D eigenvalue weighted by molar-refractivity contribution is 9.10. The van der Waals surface area contributed by atoms with Crippen molar-refractivity contribution in [1.82, 2.24) is 9.38 Å². The van der Waals surface area contributed by atoms with Crippen LogP contribution in [0.15, 0.2) is 58.5 Å². The number of halogens is 2. The van der Waals surface area contributed by atoms with Gasteiger partial charge in [0.15, 0.2) is 4.96 Å². The molecular formula is C21H17BrClN3OS. The fourth-order valence-corrected chi connectivity index (χ4v) is 4.24. The lowest BCUT2D eigenvalue weighted by molar-refractivity contribution is -0.116. The zero-order chi connectivity index (χ0) is 19.7. The molecule has 0 fully saturated rings. The van der Waals surface area contributed by atoms with Crippen LogP contribution < -0.4 is 5.32 Å². The summed E-state index contributed by atoms with van der Waals surface area (Å²) >= 11 is 11.0. The topological polar surface area (TPSA) is 46.4 Å². The third-order valence-corrected chi connectivity index (χ3v) is 6.50. The minimum Gasteiger partial charge on any atom is -0.326 e. The maximum absolute atomic E-state index is 12.3. The number of nitrogens with one attached hydrogen (secondary N) is 1. The van der Waals surface area contributed by atoms with Gasteiger partial charge in [-0.1, -0.05) is 39.7 Å². The Hall–Kier alpha value is -2.15. The molecule has 0 bridgehead atoms. The molecule has 4 aromatic rings. The van der Waals surface area contributed by atoms with E-state index >= 15 is 0 Å². The van der Waals surface area contributed by atoms with Crippen LogP contribution in [0.1, 0.15) is 17.7 Å². The Morgan fingerprint density at radius 1 is 1.25 bits per heavy atom. The molecule has 0 atom stereocenters. The Bertz CT molecular complexity index is 1150. The maximum atomic E-state index is 12.3. The second-order valence-electron chi connectivity index (χ2n) is 6.52. The third-order valence-electron chi connectivity index (χ3n) is 4.47. The van der Waals surface area contributed by atoms with Crippen LogP contribution in [-0.2, 0) is 11.2 Å². The lowest BCUT2D eigenvalue weighted by Crippen LogP contribution is -2.12. The molecule has 0 saturated carbocycles. The Morgan fingerprint density at radius 3 is 2.79 bits per heavy atom. The van der Waals surface area contributed by atoms with Crippen LogP contribution in [0.25, 0.3) is 16.2 Å². The van der Waals surface area contributed by atoms with Crippen molar-refractivity contribution in [3.8, 4) is 11.3 Å². The van der Waals surface area contributed by atoms with E-state index in [9.17, 15) is 4.79 Å². The molecule has 7 heteroatoms. The van der Waals surface area contributed by atoms with Gasteiger partial charge >= 0.3 is 0 Å². The molecule has 1 N–H and O–H groups in total. The molecule has 0 aliphatic heterocycles. The van der Waals surface area contributed by atoms with Gasteiger partial charge < -0.3 is 5.32 Å². The number of nitrogens with zero attached hydrogens (tertiary/aromatic N) is 2. The number of aromatic nitrogens is 2. The van der Waals surface area contributed by atoms with Crippen molar-refractivity contribution < 1.29 is 4.79 Å². The molecule has 4 rings (SSSR count). The predicted molar refractivity (Wildman–Crippen MR) is 119 cm³/mol. The summed E-state index contributed by atoms with van der Waals surface area (Å²) in [7, 11) is 0. The van der Waals surface area contributed by atoms with Gasteiger partial charge in [-0.2, -0.15) is 0 Å². The van der Waals surface area contributed by atoms with Crippen molar-refractivity contribution in [2.45, 2.75) is 19.8 Å². The first kappa shape index (κ1) is 19.2. The first-order chi connectivity index (χ1) is 13.5. The van der Waals surface area contributed by atoms with Crippen LogP contribution in [-0.4, -0.2) is 15.3 Å². The fourth-order valence-electron chi connectivity index (χ4n) is 2.96. The summed E-state index contributed by atoms with van der Waals surface area (Å²) in [4.78, 5) is 17.9. The minimum atomic E-state index is -0.000822. The van der Waals surface area contributed by atoms with Crippen LogP contribution >= 0.6 is 38.9 Å². The van der Waals surface area contributed by atoms with Crippen molar-refractivity contribution in [1.29, 1.82) is 0 Å². The molecule has 2 heterocycles. The molecule has 4 nitrogen and oxygen atoms in total. The van der Waals surface area contributed by atoms with E-state index in [-0.39, 0.29) is 5.91 Å². The van der Waals surface area contributed by atoms with E-state index in [0.717, 1.165) is 37.6 Å². The van der Waals surface area contributed by atoms with E-state index in [1.165, 1.54) is 0 Å². The zero-order valence-corrected chi connectivity index (χ0v) is 18.2. The highest BCUT2D eigenvalue weighted by atomic mass is 79.9. The van der Waals surface area contributed by atoms with Gasteiger partial charge in [-0.05, 0) is 49.2 Å². The SMILES string of the molecule is Cc1cc(NC(=O)CCc2csc3nc(-c4ccc(Cl)cc4)cn23)ccc1Br. The number of hydrogen-bond acceptors (Lipinski definition) is 3. The number of carbonyl (C=O) groups is 1. The van der Waals surface area contributed by atoms with Crippen LogP contribution in [0.3, 0.4) is 0 Å². The summed E-state index contributed by atoms with van der Waals surface area (Å²) in [6.45, 7) is 2.00. The monoisotopic (exact) mass is 473 g/mol. The molecule has 0 radical (unpaired) electrons. The normalized spacial score (nSPS) is 11.1. The number of carbonyl (C=O) groups excluding carboxylic acids is 1. The van der Waals surface area contributed by atoms with Crippen molar-refractivity contribution in [3.05, 3.63) is 74.8 Å². The first-order valence-corrected chi connectivity index (χ1v) is 10.8. The lowest BCUT2D eigenvalue weighted by atomic mass is 10.2. The number of thiazole rings is 1. The van der Waals surface area contributed by atoms with E-state index in [0.29, 0.717) is 17.9 Å². The summed E-state index contributed by atoms with van der Waals surface area (Å²) in [6.07, 6.45) is 3.08. The molecule has 0 aliphatic rings. The highest BCUT2D eigenvalue weighted by Crippen LogP contribution is 2.25. The zero-order valence-electron chi connectivity index (χ0n) is 15.1. The molecule has 0 saturated heterocycles. The molecule has 2 aromatic heterocycles. The van der Waals surface area contributed by atoms with Gasteiger partial charge in [0.1, 0.15) is 0 Å². The van der Waals surface area contributed by atoms with Crippen LogP contribution in [0.4, 0.5) is 5.69 Å². The number of rotatable bonds is 5. The second-order valence-corrected chi connectivity index (χ2v) is 8.65. The highest BCUT2D eigenvalue weighted by Gasteiger charge is 2.11. The summed E-state index contributed by atoms with van der Waals surface area (Å²) < 4.78 is 3.09. The Morgan fingerprint density at radius 2 is 2.04 bits per heavy atom. The van der Waals surface area contributed by atoms with Crippen molar-refractivity contribution in [3.63, 3.8) is 0 Å². The number of amides is 1. The molecule has 1 amide bonds. The molecule has 0 spiro atoms. The maximum Gasteiger partial charge on any atom is 0.224 e. The largest absolute Gasteiger partial charge is 0.326 e. The number of hydrogen-bond donors (Lipinski definition) is 1. The van der Waals surface area contributed by atoms with Gasteiger partial charge in [-0.3, -0.25) is 9.20 Å². The average Bonchev–Trinajstić information content (AvgIpc) is 3.25. The van der Waals surface area contributed by atoms with Crippen LogP contribution in [0.2, 0.25) is 5.02 Å². The van der Waals surface area contributed by atoms with Gasteiger partial charge in [0.05, 0.1) is 5.69 Å². The number of fused-ring (bicyclic) bond motifs is 1. The van der Waals surface area contributed by atoms with Crippen LogP contribution in [0.5, 0.6) is 0 Å². The fraction of sp³-hybridized carbons (Fsp3) is 0.143. The third kappa shape index (κ3) is 4.14. The van der Waals surface area contributed by atoms with E-state index in [1.807, 2.05) is 55.6 Å². The van der Waals surface area contributed by atoms with Gasteiger partial charge in [-0.25, -0.2) is 4.98 Å². The average molecular weight is 475 g/mol. The standard InChI is InChI=1S/C21H17BrClN3OS/c1-13-10-16(6-8-18(13)22)24-20(27)9-7-17-12-28-21-25-19(11-26(17)21)14-2-4-15(23)5-3-14/h2-6,8,10-12H,7,9H2,1H3,(H,24,27). The molecule has 28 heavy (non-hydrogen) atoms. The van der Waals surface area contributed by atoms with Crippen LogP contribution in [0, 0.1) is 6.92 Å². The molecule has 0 aliphatic carbocycles. The minimum absolute atomic E-state index is 0.000822. The predicted octanol–water partition coefficient (Wildman–Crippen LogP) is 6.36. The molecule has 2 aromatic carbocycles. The van der Waals surface area contributed by atoms with Gasteiger partial charge in [-0.15, -0.1) is 11.3 Å². The van der Waals surface area contributed by atoms with E-state index in [1.54, 1.807) is 11.3 Å². The summed E-state index contributed by atoms with van der Waals surface area (Å²) in [5.74, 6) is -0.000822. The van der Waals surface area contributed by atoms with E-state index < -0.39 is 0 Å². The molecule has 142 valence electrons. The number of imidazole rings is 1. The molecular weight excluding hydrogens is 458 g/mol. The number of aryl methyl sites for hydroxylation is 2. The quantitative estimate of drug-likeness (QED) is 0.366. The Balaban J connectivity index is 1.45. The lowest BCUT2D eigenvalue weighted by Gasteiger charge is -2.07. The second kappa shape index (κ2) is 8.07. The van der Waals surface area contributed by atoms with Crippen molar-refractivity contribution in [2.24, 2.45) is 0 Å². The van der Waals surface area contributed by atoms with E-state index in [4.69, 9.17) is 11.6 Å². The Kier molecular flexibility index (Phi) is 5.53. The van der Waals surface area contributed by atoms with E-state index in [2.05, 4.69) is 36.0 Å². The van der Waals surface area contributed by atoms with Gasteiger partial charge in [0.25, 0.3) is 0 Å². The van der Waals surface area contributed by atoms with Gasteiger partial charge in [0.2, 0.25) is 5.91 Å². The number of anilines is 1. The van der Waals surface area contributed by atoms with Crippen molar-refractivity contribution in [2.75, 3.05) is 5.32 Å². The summed E-state index contributed by atoms with van der Waals surface area (Å²) in [6, 6.07) is 13.4. The molecule has 0 unspecified atom stereocenters.